The second kappa shape index (κ2) is 3.97. The summed E-state index contributed by atoms with van der Waals surface area (Å²) in [6, 6.07) is 3.93. The Morgan fingerprint density at radius 2 is 2.44 bits per heavy atom. The molecule has 0 aromatic carbocycles. The van der Waals surface area contributed by atoms with Crippen LogP contribution in [0.3, 0.4) is 0 Å². The predicted octanol–water partition coefficient (Wildman–Crippen LogP) is 0.975. The number of aromatic nitrogens is 2. The molecule has 0 atom stereocenters. The Labute approximate surface area is 96.3 Å². The topological polar surface area (TPSA) is 62.4 Å². The zero-order chi connectivity index (χ0) is 11.0. The van der Waals surface area contributed by atoms with Gasteiger partial charge >= 0.3 is 0 Å². The van der Waals surface area contributed by atoms with Crippen LogP contribution in [0.25, 0.3) is 10.7 Å². The van der Waals surface area contributed by atoms with E-state index in [0.717, 1.165) is 4.88 Å². The van der Waals surface area contributed by atoms with Gasteiger partial charge in [0.2, 0.25) is 11.7 Å². The van der Waals surface area contributed by atoms with E-state index >= 15 is 0 Å². The normalized spacial score (nSPS) is 17.6. The quantitative estimate of drug-likeness (QED) is 0.862. The maximum absolute atomic E-state index is 9.15. The molecule has 1 N–H and O–H groups in total. The fourth-order valence-corrected chi connectivity index (χ4v) is 2.34. The van der Waals surface area contributed by atoms with E-state index in [2.05, 4.69) is 15.0 Å². The van der Waals surface area contributed by atoms with Gasteiger partial charge in [0.25, 0.3) is 0 Å². The summed E-state index contributed by atoms with van der Waals surface area (Å²) in [7, 11) is 0. The molecule has 0 amide bonds. The molecule has 6 heteroatoms. The monoisotopic (exact) mass is 237 g/mol. The van der Waals surface area contributed by atoms with Crippen LogP contribution in [0.5, 0.6) is 0 Å². The zero-order valence-corrected chi connectivity index (χ0v) is 9.35. The second-order valence-electron chi connectivity index (χ2n) is 3.84. The maximum atomic E-state index is 9.15. The fourth-order valence-electron chi connectivity index (χ4n) is 1.69. The molecule has 16 heavy (non-hydrogen) atoms. The number of rotatable bonds is 3. The van der Waals surface area contributed by atoms with Crippen molar-refractivity contribution >= 4 is 11.3 Å². The zero-order valence-electron chi connectivity index (χ0n) is 8.54. The summed E-state index contributed by atoms with van der Waals surface area (Å²) in [6.45, 7) is 2.00. The molecule has 3 heterocycles. The van der Waals surface area contributed by atoms with E-state index in [9.17, 15) is 0 Å². The summed E-state index contributed by atoms with van der Waals surface area (Å²) in [5.74, 6) is 1.25. The summed E-state index contributed by atoms with van der Waals surface area (Å²) >= 11 is 1.59. The highest BCUT2D eigenvalue weighted by Crippen LogP contribution is 2.22. The molecule has 0 unspecified atom stereocenters. The molecule has 1 aliphatic heterocycles. The number of aliphatic hydroxyl groups excluding tert-OH is 1. The Morgan fingerprint density at radius 1 is 1.56 bits per heavy atom. The molecule has 0 spiro atoms. The lowest BCUT2D eigenvalue weighted by molar-refractivity contribution is -0.00806. The van der Waals surface area contributed by atoms with Gasteiger partial charge in [0.05, 0.1) is 17.5 Å². The van der Waals surface area contributed by atoms with Gasteiger partial charge in [-0.1, -0.05) is 11.2 Å². The lowest BCUT2D eigenvalue weighted by Crippen LogP contribution is -2.49. The number of aliphatic hydroxyl groups is 1. The average molecular weight is 237 g/mol. The van der Waals surface area contributed by atoms with Crippen molar-refractivity contribution in [3.8, 4) is 10.7 Å². The molecule has 3 rings (SSSR count). The lowest BCUT2D eigenvalue weighted by Gasteiger charge is -2.34. The molecule has 84 valence electrons. The highest BCUT2D eigenvalue weighted by Gasteiger charge is 2.26. The van der Waals surface area contributed by atoms with Crippen LogP contribution in [-0.2, 0) is 6.54 Å². The third-order valence-electron chi connectivity index (χ3n) is 2.51. The van der Waals surface area contributed by atoms with E-state index < -0.39 is 0 Å². The minimum Gasteiger partial charge on any atom is -0.390 e. The molecular formula is C10H11N3O2S. The smallest absolute Gasteiger partial charge is 0.241 e. The van der Waals surface area contributed by atoms with Crippen molar-refractivity contribution < 1.29 is 9.63 Å². The first-order valence-electron chi connectivity index (χ1n) is 5.08. The minimum atomic E-state index is -0.195. The molecule has 0 saturated carbocycles. The van der Waals surface area contributed by atoms with E-state index in [-0.39, 0.29) is 6.10 Å². The van der Waals surface area contributed by atoms with Crippen LogP contribution in [0.15, 0.2) is 22.0 Å². The van der Waals surface area contributed by atoms with Gasteiger partial charge in [0.1, 0.15) is 0 Å². The van der Waals surface area contributed by atoms with Crippen LogP contribution in [0.4, 0.5) is 0 Å². The molecule has 5 nitrogen and oxygen atoms in total. The first-order valence-corrected chi connectivity index (χ1v) is 5.96. The van der Waals surface area contributed by atoms with Gasteiger partial charge in [-0.2, -0.15) is 4.98 Å². The van der Waals surface area contributed by atoms with Gasteiger partial charge in [-0.25, -0.2) is 0 Å². The van der Waals surface area contributed by atoms with Crippen LogP contribution < -0.4 is 0 Å². The first-order chi connectivity index (χ1) is 7.81. The molecule has 0 radical (unpaired) electrons. The van der Waals surface area contributed by atoms with Gasteiger partial charge in [0.15, 0.2) is 0 Å². The Morgan fingerprint density at radius 3 is 3.12 bits per heavy atom. The Hall–Kier alpha value is -1.24. The summed E-state index contributed by atoms with van der Waals surface area (Å²) in [6.07, 6.45) is -0.195. The van der Waals surface area contributed by atoms with Gasteiger partial charge in [-0.15, -0.1) is 11.3 Å². The second-order valence-corrected chi connectivity index (χ2v) is 4.78. The van der Waals surface area contributed by atoms with Gasteiger partial charge in [-0.3, -0.25) is 4.90 Å². The van der Waals surface area contributed by atoms with Crippen LogP contribution in [0, 0.1) is 0 Å². The van der Waals surface area contributed by atoms with E-state index in [1.165, 1.54) is 0 Å². The average Bonchev–Trinajstić information content (AvgIpc) is 2.84. The molecule has 2 aromatic heterocycles. The Kier molecular flexibility index (Phi) is 2.47. The molecular weight excluding hydrogens is 226 g/mol. The third-order valence-corrected chi connectivity index (χ3v) is 3.37. The number of hydrogen-bond donors (Lipinski definition) is 1. The summed E-state index contributed by atoms with van der Waals surface area (Å²) in [5, 5.41) is 15.1. The van der Waals surface area contributed by atoms with Gasteiger partial charge < -0.3 is 9.63 Å². The number of likely N-dealkylation sites (tertiary alicyclic amines) is 1. The first kappa shape index (κ1) is 9.95. The maximum Gasteiger partial charge on any atom is 0.241 e. The van der Waals surface area contributed by atoms with Crippen molar-refractivity contribution in [2.75, 3.05) is 13.1 Å². The molecule has 0 aliphatic carbocycles. The van der Waals surface area contributed by atoms with Crippen molar-refractivity contribution in [1.29, 1.82) is 0 Å². The van der Waals surface area contributed by atoms with Crippen molar-refractivity contribution in [2.45, 2.75) is 12.6 Å². The predicted molar refractivity (Wildman–Crippen MR) is 58.9 cm³/mol. The Balaban J connectivity index is 1.69. The highest BCUT2D eigenvalue weighted by molar-refractivity contribution is 7.13. The molecule has 0 bridgehead atoms. The van der Waals surface area contributed by atoms with Crippen molar-refractivity contribution in [1.82, 2.24) is 15.0 Å². The number of β-amino-alcohol motifs (C(OH)–C–C–N with tert-alkyl or cyclic N) is 1. The van der Waals surface area contributed by atoms with Gasteiger partial charge in [0, 0.05) is 13.1 Å². The molecule has 1 aliphatic rings. The number of thiophene rings is 1. The van der Waals surface area contributed by atoms with Crippen molar-refractivity contribution in [2.24, 2.45) is 0 Å². The summed E-state index contributed by atoms with van der Waals surface area (Å²) in [4.78, 5) is 7.39. The number of hydrogen-bond acceptors (Lipinski definition) is 6. The van der Waals surface area contributed by atoms with Crippen LogP contribution in [-0.4, -0.2) is 39.3 Å². The molecule has 1 saturated heterocycles. The Bertz CT molecular complexity index is 462. The van der Waals surface area contributed by atoms with Crippen LogP contribution in [0.2, 0.25) is 0 Å². The van der Waals surface area contributed by atoms with Crippen LogP contribution >= 0.6 is 11.3 Å². The van der Waals surface area contributed by atoms with Crippen LogP contribution in [0.1, 0.15) is 5.89 Å². The summed E-state index contributed by atoms with van der Waals surface area (Å²) < 4.78 is 5.15. The largest absolute Gasteiger partial charge is 0.390 e. The van der Waals surface area contributed by atoms with E-state index in [0.29, 0.717) is 31.3 Å². The number of nitrogens with zero attached hydrogens (tertiary/aromatic N) is 3. The molecule has 2 aromatic rings. The van der Waals surface area contributed by atoms with E-state index in [4.69, 9.17) is 9.63 Å². The van der Waals surface area contributed by atoms with Crippen molar-refractivity contribution in [3.63, 3.8) is 0 Å². The minimum absolute atomic E-state index is 0.195. The standard InChI is InChI=1S/C10H11N3O2S/c14-7-4-13(5-7)6-9-11-10(12-15-9)8-2-1-3-16-8/h1-3,7,14H,4-6H2. The molecule has 1 fully saturated rings. The van der Waals surface area contributed by atoms with Gasteiger partial charge in [-0.05, 0) is 11.4 Å². The summed E-state index contributed by atoms with van der Waals surface area (Å²) in [5.41, 5.74) is 0. The van der Waals surface area contributed by atoms with E-state index in [1.807, 2.05) is 17.5 Å². The lowest BCUT2D eigenvalue weighted by atomic mass is 10.2. The van der Waals surface area contributed by atoms with Crippen molar-refractivity contribution in [3.05, 3.63) is 23.4 Å². The fraction of sp³-hybridized carbons (Fsp3) is 0.400. The van der Waals surface area contributed by atoms with E-state index in [1.54, 1.807) is 11.3 Å². The SMILES string of the molecule is OC1CN(Cc2nc(-c3cccs3)no2)C1. The highest BCUT2D eigenvalue weighted by atomic mass is 32.1. The third kappa shape index (κ3) is 1.87.